The monoisotopic (exact) mass is 514 g/mol. The Morgan fingerprint density at radius 2 is 2.05 bits per heavy atom. The van der Waals surface area contributed by atoms with Crippen molar-refractivity contribution in [3.63, 3.8) is 0 Å². The van der Waals surface area contributed by atoms with Crippen LogP contribution in [0.15, 0.2) is 48.7 Å². The SMILES string of the molecule is COc1ccc2nccc([C@@H](F)CC[C@@H]3CCN(CCCc4cccc(F)c4F)C[C@@H]3CC(=O)O)c2c1. The highest BCUT2D eigenvalue weighted by Gasteiger charge is 2.31. The Balaban J connectivity index is 1.35. The molecule has 0 amide bonds. The Morgan fingerprint density at radius 3 is 2.84 bits per heavy atom. The van der Waals surface area contributed by atoms with E-state index in [1.165, 1.54) is 6.07 Å². The van der Waals surface area contributed by atoms with E-state index in [1.54, 1.807) is 37.6 Å². The summed E-state index contributed by atoms with van der Waals surface area (Å²) in [7, 11) is 1.57. The molecule has 2 aromatic carbocycles. The Morgan fingerprint density at radius 1 is 1.22 bits per heavy atom. The van der Waals surface area contributed by atoms with Gasteiger partial charge < -0.3 is 14.7 Å². The number of aryl methyl sites for hydroxylation is 1. The van der Waals surface area contributed by atoms with Gasteiger partial charge in [-0.15, -0.1) is 0 Å². The lowest BCUT2D eigenvalue weighted by Crippen LogP contribution is -2.42. The van der Waals surface area contributed by atoms with E-state index in [9.17, 15) is 18.7 Å². The van der Waals surface area contributed by atoms with Gasteiger partial charge in [0, 0.05) is 24.5 Å². The molecule has 1 aliphatic rings. The van der Waals surface area contributed by atoms with Crippen molar-refractivity contribution in [3.8, 4) is 5.75 Å². The first-order valence-corrected chi connectivity index (χ1v) is 12.8. The van der Waals surface area contributed by atoms with Crippen molar-refractivity contribution < 1.29 is 27.8 Å². The highest BCUT2D eigenvalue weighted by Crippen LogP contribution is 2.36. The molecule has 8 heteroatoms. The Hall–Kier alpha value is -3.13. The number of carboxylic acid groups (broad SMARTS) is 1. The minimum absolute atomic E-state index is 0.0338. The maximum absolute atomic E-state index is 15.5. The van der Waals surface area contributed by atoms with Crippen LogP contribution in [-0.2, 0) is 11.2 Å². The van der Waals surface area contributed by atoms with E-state index < -0.39 is 23.8 Å². The number of rotatable bonds is 11. The number of likely N-dealkylation sites (tertiary alicyclic amines) is 1. The quantitative estimate of drug-likeness (QED) is 0.323. The summed E-state index contributed by atoms with van der Waals surface area (Å²) in [5.74, 6) is -1.84. The second-order valence-corrected chi connectivity index (χ2v) is 9.85. The molecule has 5 nitrogen and oxygen atoms in total. The van der Waals surface area contributed by atoms with Gasteiger partial charge in [0.15, 0.2) is 11.6 Å². The number of fused-ring (bicyclic) bond motifs is 1. The average Bonchev–Trinajstić information content (AvgIpc) is 2.89. The lowest BCUT2D eigenvalue weighted by Gasteiger charge is -2.38. The third-order valence-corrected chi connectivity index (χ3v) is 7.48. The lowest BCUT2D eigenvalue weighted by atomic mass is 9.79. The topological polar surface area (TPSA) is 62.7 Å². The van der Waals surface area contributed by atoms with Gasteiger partial charge in [-0.2, -0.15) is 0 Å². The first-order chi connectivity index (χ1) is 17.9. The maximum Gasteiger partial charge on any atom is 0.303 e. The van der Waals surface area contributed by atoms with Crippen molar-refractivity contribution in [2.24, 2.45) is 11.8 Å². The molecule has 37 heavy (non-hydrogen) atoms. The summed E-state index contributed by atoms with van der Waals surface area (Å²) in [4.78, 5) is 18.1. The van der Waals surface area contributed by atoms with E-state index in [1.807, 2.05) is 6.07 Å². The highest BCUT2D eigenvalue weighted by molar-refractivity contribution is 5.83. The maximum atomic E-state index is 15.5. The van der Waals surface area contributed by atoms with E-state index in [0.717, 1.165) is 24.4 Å². The molecule has 0 aliphatic carbocycles. The predicted molar refractivity (Wildman–Crippen MR) is 136 cm³/mol. The van der Waals surface area contributed by atoms with Crippen LogP contribution in [0.3, 0.4) is 0 Å². The smallest absolute Gasteiger partial charge is 0.303 e. The molecule has 3 aromatic rings. The van der Waals surface area contributed by atoms with Crippen molar-refractivity contribution in [1.29, 1.82) is 0 Å². The summed E-state index contributed by atoms with van der Waals surface area (Å²) in [6.45, 7) is 2.06. The number of carbonyl (C=O) groups is 1. The van der Waals surface area contributed by atoms with E-state index in [4.69, 9.17) is 4.74 Å². The van der Waals surface area contributed by atoms with Crippen molar-refractivity contribution in [1.82, 2.24) is 9.88 Å². The Bertz CT molecular complexity index is 1220. The standard InChI is InChI=1S/C29H33F3N2O3/c1-37-22-8-10-27-24(17-22)23(11-13-33-27)25(30)9-7-19-12-15-34(18-21(19)16-28(35)36)14-3-5-20-4-2-6-26(31)29(20)32/h2,4,6,8,10-11,13,17,19,21,25H,3,5,7,9,12,14-16,18H2,1H3,(H,35,36)/t19-,21+,25+/m1/s1. The average molecular weight is 515 g/mol. The second-order valence-electron chi connectivity index (χ2n) is 9.85. The molecule has 0 spiro atoms. The third-order valence-electron chi connectivity index (χ3n) is 7.48. The molecule has 0 saturated carbocycles. The van der Waals surface area contributed by atoms with Crippen LogP contribution in [0.4, 0.5) is 13.2 Å². The fraction of sp³-hybridized carbons (Fsp3) is 0.448. The number of pyridine rings is 1. The van der Waals surface area contributed by atoms with Gasteiger partial charge >= 0.3 is 5.97 Å². The largest absolute Gasteiger partial charge is 0.497 e. The number of alkyl halides is 1. The molecule has 198 valence electrons. The molecule has 0 bridgehead atoms. The van der Waals surface area contributed by atoms with Gasteiger partial charge in [0.25, 0.3) is 0 Å². The number of methoxy groups -OCH3 is 1. The molecule has 0 radical (unpaired) electrons. The predicted octanol–water partition coefficient (Wildman–Crippen LogP) is 6.36. The summed E-state index contributed by atoms with van der Waals surface area (Å²) >= 11 is 0. The van der Waals surface area contributed by atoms with Crippen LogP contribution in [0.2, 0.25) is 0 Å². The van der Waals surface area contributed by atoms with Gasteiger partial charge in [-0.3, -0.25) is 9.78 Å². The molecule has 3 atom stereocenters. The molecular formula is C29H33F3N2O3. The highest BCUT2D eigenvalue weighted by atomic mass is 19.2. The zero-order valence-corrected chi connectivity index (χ0v) is 21.0. The summed E-state index contributed by atoms with van der Waals surface area (Å²) in [6.07, 6.45) is 3.19. The number of benzene rings is 2. The number of carboxylic acids is 1. The summed E-state index contributed by atoms with van der Waals surface area (Å²) in [5, 5.41) is 10.2. The number of nitrogens with zero attached hydrogens (tertiary/aromatic N) is 2. The molecule has 1 aromatic heterocycles. The summed E-state index contributed by atoms with van der Waals surface area (Å²) in [6, 6.07) is 11.3. The van der Waals surface area contributed by atoms with Gasteiger partial charge in [0.2, 0.25) is 0 Å². The Labute approximate surface area is 215 Å². The van der Waals surface area contributed by atoms with E-state index >= 15 is 4.39 Å². The first-order valence-electron chi connectivity index (χ1n) is 12.8. The normalized spacial score (nSPS) is 19.1. The third kappa shape index (κ3) is 6.80. The van der Waals surface area contributed by atoms with E-state index in [-0.39, 0.29) is 18.3 Å². The van der Waals surface area contributed by atoms with Crippen LogP contribution in [0.5, 0.6) is 5.75 Å². The zero-order chi connectivity index (χ0) is 26.4. The summed E-state index contributed by atoms with van der Waals surface area (Å²) < 4.78 is 48.1. The number of aromatic nitrogens is 1. The van der Waals surface area contributed by atoms with Crippen LogP contribution in [0.1, 0.15) is 49.4 Å². The van der Waals surface area contributed by atoms with E-state index in [0.29, 0.717) is 61.2 Å². The Kier molecular flexibility index (Phi) is 9.03. The molecule has 1 aliphatic heterocycles. The number of piperidine rings is 1. The van der Waals surface area contributed by atoms with Gasteiger partial charge in [0.05, 0.1) is 12.6 Å². The molecule has 4 rings (SSSR count). The molecule has 0 unspecified atom stereocenters. The van der Waals surface area contributed by atoms with Crippen molar-refractivity contribution in [2.45, 2.75) is 44.7 Å². The minimum atomic E-state index is -1.19. The number of ether oxygens (including phenoxy) is 1. The first kappa shape index (κ1) is 26.9. The molecule has 2 heterocycles. The van der Waals surface area contributed by atoms with Gasteiger partial charge in [-0.05, 0) is 98.5 Å². The fourth-order valence-corrected chi connectivity index (χ4v) is 5.49. The number of hydrogen-bond donors (Lipinski definition) is 1. The van der Waals surface area contributed by atoms with Crippen molar-refractivity contribution >= 4 is 16.9 Å². The molecule has 1 N–H and O–H groups in total. The van der Waals surface area contributed by atoms with Crippen molar-refractivity contribution in [2.75, 3.05) is 26.7 Å². The number of aliphatic carboxylic acids is 1. The molecule has 1 fully saturated rings. The van der Waals surface area contributed by atoms with E-state index in [2.05, 4.69) is 9.88 Å². The van der Waals surface area contributed by atoms with Crippen LogP contribution in [0.25, 0.3) is 10.9 Å². The van der Waals surface area contributed by atoms with Gasteiger partial charge in [-0.25, -0.2) is 13.2 Å². The number of halogens is 3. The van der Waals surface area contributed by atoms with Crippen LogP contribution in [0, 0.1) is 23.5 Å². The zero-order valence-electron chi connectivity index (χ0n) is 21.0. The lowest BCUT2D eigenvalue weighted by molar-refractivity contribution is -0.139. The molecule has 1 saturated heterocycles. The van der Waals surface area contributed by atoms with Crippen LogP contribution >= 0.6 is 0 Å². The summed E-state index contributed by atoms with van der Waals surface area (Å²) in [5.41, 5.74) is 1.63. The van der Waals surface area contributed by atoms with Crippen LogP contribution in [-0.4, -0.2) is 47.7 Å². The van der Waals surface area contributed by atoms with Gasteiger partial charge in [0.1, 0.15) is 11.9 Å². The van der Waals surface area contributed by atoms with Gasteiger partial charge in [-0.1, -0.05) is 12.1 Å². The van der Waals surface area contributed by atoms with Crippen LogP contribution < -0.4 is 4.74 Å². The second kappa shape index (κ2) is 12.4. The minimum Gasteiger partial charge on any atom is -0.497 e. The fourth-order valence-electron chi connectivity index (χ4n) is 5.49. The van der Waals surface area contributed by atoms with Crippen molar-refractivity contribution in [3.05, 3.63) is 71.4 Å². The molecular weight excluding hydrogens is 481 g/mol. The number of hydrogen-bond acceptors (Lipinski definition) is 4.